The number of anilines is 1. The summed E-state index contributed by atoms with van der Waals surface area (Å²) >= 11 is 0. The molecule has 1 saturated carbocycles. The zero-order valence-corrected chi connectivity index (χ0v) is 12.8. The zero-order valence-electron chi connectivity index (χ0n) is 12.8. The summed E-state index contributed by atoms with van der Waals surface area (Å²) < 4.78 is 4.66. The number of carbonyl (C=O) groups is 1. The maximum Gasteiger partial charge on any atom is 0.376 e. The molecule has 0 saturated heterocycles. The molecule has 1 aromatic heterocycles. The fourth-order valence-corrected chi connectivity index (χ4v) is 3.04. The summed E-state index contributed by atoms with van der Waals surface area (Å²) in [4.78, 5) is 19.9. The van der Waals surface area contributed by atoms with E-state index in [0.717, 1.165) is 19.3 Å². The number of esters is 1. The molecule has 1 heterocycles. The van der Waals surface area contributed by atoms with E-state index < -0.39 is 5.97 Å². The SMILES string of the molecule is COC(=O)c1nc(C)cc(NC2(CO)CCCC(C)C2)n1. The van der Waals surface area contributed by atoms with E-state index in [1.165, 1.54) is 13.5 Å². The van der Waals surface area contributed by atoms with Gasteiger partial charge in [-0.2, -0.15) is 0 Å². The third-order valence-corrected chi connectivity index (χ3v) is 4.01. The molecule has 0 bridgehead atoms. The monoisotopic (exact) mass is 293 g/mol. The summed E-state index contributed by atoms with van der Waals surface area (Å²) in [5, 5.41) is 13.1. The van der Waals surface area contributed by atoms with E-state index in [1.54, 1.807) is 13.0 Å². The molecule has 1 fully saturated rings. The van der Waals surface area contributed by atoms with Crippen LogP contribution in [0.3, 0.4) is 0 Å². The van der Waals surface area contributed by atoms with Crippen LogP contribution in [0, 0.1) is 12.8 Å². The number of nitrogens with zero attached hydrogens (tertiary/aromatic N) is 2. The Labute approximate surface area is 124 Å². The van der Waals surface area contributed by atoms with Crippen LogP contribution in [0.4, 0.5) is 5.82 Å². The summed E-state index contributed by atoms with van der Waals surface area (Å²) in [6.45, 7) is 4.04. The Balaban J connectivity index is 2.25. The third kappa shape index (κ3) is 3.69. The van der Waals surface area contributed by atoms with Crippen molar-refractivity contribution < 1.29 is 14.6 Å². The van der Waals surface area contributed by atoms with Gasteiger partial charge >= 0.3 is 5.97 Å². The summed E-state index contributed by atoms with van der Waals surface area (Å²) in [6, 6.07) is 1.78. The first-order chi connectivity index (χ1) is 9.98. The normalized spacial score (nSPS) is 25.4. The van der Waals surface area contributed by atoms with Gasteiger partial charge in [-0.1, -0.05) is 19.8 Å². The predicted octanol–water partition coefficient (Wildman–Crippen LogP) is 1.92. The fourth-order valence-electron chi connectivity index (χ4n) is 3.04. The van der Waals surface area contributed by atoms with Crippen LogP contribution in [0.15, 0.2) is 6.07 Å². The lowest BCUT2D eigenvalue weighted by Gasteiger charge is -2.39. The molecule has 6 nitrogen and oxygen atoms in total. The van der Waals surface area contributed by atoms with Gasteiger partial charge in [-0.15, -0.1) is 0 Å². The highest BCUT2D eigenvalue weighted by Gasteiger charge is 2.34. The van der Waals surface area contributed by atoms with E-state index in [1.807, 2.05) is 0 Å². The van der Waals surface area contributed by atoms with E-state index in [2.05, 4.69) is 26.9 Å². The molecular weight excluding hydrogens is 270 g/mol. The second kappa shape index (κ2) is 6.39. The maximum absolute atomic E-state index is 11.6. The molecule has 116 valence electrons. The molecule has 2 N–H and O–H groups in total. The van der Waals surface area contributed by atoms with Gasteiger partial charge in [0.1, 0.15) is 5.82 Å². The number of ether oxygens (including phenoxy) is 1. The van der Waals surface area contributed by atoms with Gasteiger partial charge in [-0.25, -0.2) is 14.8 Å². The van der Waals surface area contributed by atoms with Gasteiger partial charge in [0.2, 0.25) is 5.82 Å². The van der Waals surface area contributed by atoms with Gasteiger partial charge in [0.05, 0.1) is 19.3 Å². The summed E-state index contributed by atoms with van der Waals surface area (Å²) in [6.07, 6.45) is 4.03. The van der Waals surface area contributed by atoms with Crippen LogP contribution < -0.4 is 5.32 Å². The van der Waals surface area contributed by atoms with Gasteiger partial charge in [-0.3, -0.25) is 0 Å². The van der Waals surface area contributed by atoms with Crippen molar-refractivity contribution in [2.75, 3.05) is 19.0 Å². The highest BCUT2D eigenvalue weighted by molar-refractivity contribution is 5.85. The average Bonchev–Trinajstić information content (AvgIpc) is 2.45. The minimum Gasteiger partial charge on any atom is -0.463 e. The molecule has 0 spiro atoms. The Morgan fingerprint density at radius 3 is 2.95 bits per heavy atom. The lowest BCUT2D eigenvalue weighted by Crippen LogP contribution is -2.46. The van der Waals surface area contributed by atoms with Crippen molar-refractivity contribution in [2.24, 2.45) is 5.92 Å². The number of methoxy groups -OCH3 is 1. The van der Waals surface area contributed by atoms with Crippen molar-refractivity contribution in [1.29, 1.82) is 0 Å². The number of hydrogen-bond donors (Lipinski definition) is 2. The van der Waals surface area contributed by atoms with Crippen LogP contribution in [-0.2, 0) is 4.74 Å². The van der Waals surface area contributed by atoms with Crippen molar-refractivity contribution >= 4 is 11.8 Å². The van der Waals surface area contributed by atoms with Crippen molar-refractivity contribution in [3.8, 4) is 0 Å². The number of hydrogen-bond acceptors (Lipinski definition) is 6. The predicted molar refractivity (Wildman–Crippen MR) is 79.2 cm³/mol. The van der Waals surface area contributed by atoms with E-state index in [4.69, 9.17) is 0 Å². The number of nitrogens with one attached hydrogen (secondary N) is 1. The van der Waals surface area contributed by atoms with Crippen molar-refractivity contribution in [1.82, 2.24) is 9.97 Å². The molecule has 0 radical (unpaired) electrons. The number of aryl methyl sites for hydroxylation is 1. The number of rotatable bonds is 4. The maximum atomic E-state index is 11.6. The second-order valence-corrected chi connectivity index (χ2v) is 5.97. The highest BCUT2D eigenvalue weighted by Crippen LogP contribution is 2.34. The first-order valence-electron chi connectivity index (χ1n) is 7.31. The topological polar surface area (TPSA) is 84.3 Å². The van der Waals surface area contributed by atoms with Gasteiger partial charge in [0, 0.05) is 11.8 Å². The van der Waals surface area contributed by atoms with E-state index >= 15 is 0 Å². The second-order valence-electron chi connectivity index (χ2n) is 5.97. The molecule has 1 aliphatic rings. The molecule has 0 amide bonds. The Hall–Kier alpha value is -1.69. The first-order valence-corrected chi connectivity index (χ1v) is 7.31. The average molecular weight is 293 g/mol. The van der Waals surface area contributed by atoms with Gasteiger partial charge in [0.25, 0.3) is 0 Å². The molecule has 6 heteroatoms. The van der Waals surface area contributed by atoms with Crippen LogP contribution in [0.5, 0.6) is 0 Å². The van der Waals surface area contributed by atoms with Crippen LogP contribution in [0.1, 0.15) is 48.9 Å². The third-order valence-electron chi connectivity index (χ3n) is 4.01. The lowest BCUT2D eigenvalue weighted by molar-refractivity contribution is 0.0586. The van der Waals surface area contributed by atoms with E-state index in [-0.39, 0.29) is 18.0 Å². The summed E-state index contributed by atoms with van der Waals surface area (Å²) in [5.41, 5.74) is 0.316. The molecule has 2 atom stereocenters. The quantitative estimate of drug-likeness (QED) is 0.825. The molecule has 2 unspecified atom stereocenters. The molecule has 0 aliphatic heterocycles. The number of aliphatic hydroxyl groups excluding tert-OH is 1. The van der Waals surface area contributed by atoms with Gasteiger partial charge in [0.15, 0.2) is 0 Å². The molecular formula is C15H23N3O3. The number of carbonyl (C=O) groups excluding carboxylic acids is 1. The van der Waals surface area contributed by atoms with Gasteiger partial charge in [-0.05, 0) is 25.7 Å². The lowest BCUT2D eigenvalue weighted by atomic mass is 9.77. The van der Waals surface area contributed by atoms with Crippen molar-refractivity contribution in [2.45, 2.75) is 45.1 Å². The number of aromatic nitrogens is 2. The van der Waals surface area contributed by atoms with Crippen molar-refractivity contribution in [3.63, 3.8) is 0 Å². The Kier molecular flexibility index (Phi) is 4.77. The Bertz CT molecular complexity index is 521. The molecule has 1 aromatic rings. The zero-order chi connectivity index (χ0) is 15.5. The van der Waals surface area contributed by atoms with Crippen LogP contribution in [0.2, 0.25) is 0 Å². The molecule has 1 aliphatic carbocycles. The molecule has 21 heavy (non-hydrogen) atoms. The smallest absolute Gasteiger partial charge is 0.376 e. The molecule has 2 rings (SSSR count). The fraction of sp³-hybridized carbons (Fsp3) is 0.667. The standard InChI is InChI=1S/C15H23N3O3/c1-10-5-4-6-15(8-10,9-19)18-12-7-11(2)16-13(17-12)14(20)21-3/h7,10,19H,4-6,8-9H2,1-3H3,(H,16,17,18). The van der Waals surface area contributed by atoms with E-state index in [0.29, 0.717) is 17.4 Å². The van der Waals surface area contributed by atoms with Gasteiger partial charge < -0.3 is 15.2 Å². The summed E-state index contributed by atoms with van der Waals surface area (Å²) in [5.74, 6) is 0.598. The first kappa shape index (κ1) is 15.7. The summed E-state index contributed by atoms with van der Waals surface area (Å²) in [7, 11) is 1.30. The Morgan fingerprint density at radius 1 is 1.57 bits per heavy atom. The molecule has 0 aromatic carbocycles. The van der Waals surface area contributed by atoms with Crippen LogP contribution >= 0.6 is 0 Å². The van der Waals surface area contributed by atoms with Crippen molar-refractivity contribution in [3.05, 3.63) is 17.6 Å². The minimum atomic E-state index is -0.559. The van der Waals surface area contributed by atoms with E-state index in [9.17, 15) is 9.90 Å². The largest absolute Gasteiger partial charge is 0.463 e. The highest BCUT2D eigenvalue weighted by atomic mass is 16.5. The number of aliphatic hydroxyl groups is 1. The minimum absolute atomic E-state index is 0.0388. The van der Waals surface area contributed by atoms with Crippen LogP contribution in [-0.4, -0.2) is 40.3 Å². The van der Waals surface area contributed by atoms with Crippen LogP contribution in [0.25, 0.3) is 0 Å². The Morgan fingerprint density at radius 2 is 2.33 bits per heavy atom.